The van der Waals surface area contributed by atoms with Crippen molar-refractivity contribution in [3.05, 3.63) is 77.9 Å². The van der Waals surface area contributed by atoms with Crippen molar-refractivity contribution in [1.82, 2.24) is 20.1 Å². The molecule has 35 heavy (non-hydrogen) atoms. The van der Waals surface area contributed by atoms with Crippen LogP contribution >= 0.6 is 11.8 Å². The van der Waals surface area contributed by atoms with E-state index in [4.69, 9.17) is 4.74 Å². The maximum atomic E-state index is 12.9. The number of hydrogen-bond acceptors (Lipinski definition) is 6. The summed E-state index contributed by atoms with van der Waals surface area (Å²) in [6, 6.07) is 22.5. The van der Waals surface area contributed by atoms with E-state index in [-0.39, 0.29) is 17.7 Å². The number of nitrogens with zero attached hydrogens (tertiary/aromatic N) is 4. The van der Waals surface area contributed by atoms with Crippen LogP contribution in [0.25, 0.3) is 16.5 Å². The topological polar surface area (TPSA) is 72.3 Å². The molecule has 1 N–H and O–H groups in total. The van der Waals surface area contributed by atoms with Crippen LogP contribution in [-0.4, -0.2) is 52.7 Å². The highest BCUT2D eigenvalue weighted by Crippen LogP contribution is 2.29. The summed E-state index contributed by atoms with van der Waals surface area (Å²) in [5, 5.41) is 15.2. The van der Waals surface area contributed by atoms with Crippen LogP contribution in [-0.2, 0) is 9.53 Å². The summed E-state index contributed by atoms with van der Waals surface area (Å²) >= 11 is 1.40. The zero-order valence-electron chi connectivity index (χ0n) is 20.0. The number of aryl methyl sites for hydroxylation is 1. The molecule has 0 saturated carbocycles. The number of hydrogen-bond donors (Lipinski definition) is 1. The second-order valence-electron chi connectivity index (χ2n) is 8.65. The maximum Gasteiger partial charge on any atom is 0.232 e. The van der Waals surface area contributed by atoms with Crippen molar-refractivity contribution in [2.75, 3.05) is 37.0 Å². The van der Waals surface area contributed by atoms with Crippen LogP contribution in [0.1, 0.15) is 24.1 Å². The Bertz CT molecular complexity index is 1330. The molecule has 2 heterocycles. The predicted octanol–water partition coefficient (Wildman–Crippen LogP) is 4.54. The smallest absolute Gasteiger partial charge is 0.232 e. The molecule has 1 aliphatic rings. The Labute approximate surface area is 209 Å². The standard InChI is InChI=1S/C27H29N5O2S/c1-19-8-3-6-13-24(19)32-26(31-14-16-34-17-15-31)29-30-27(32)35-18-25(33)28-20(2)22-12-7-10-21-9-4-5-11-23(21)22/h3-13,20H,14-18H2,1-2H3,(H,28,33). The number of para-hydroxylation sites is 1. The average Bonchev–Trinajstić information content (AvgIpc) is 3.31. The first-order chi connectivity index (χ1) is 17.1. The predicted molar refractivity (Wildman–Crippen MR) is 140 cm³/mol. The van der Waals surface area contributed by atoms with Gasteiger partial charge in [0.05, 0.1) is 30.7 Å². The van der Waals surface area contributed by atoms with Gasteiger partial charge < -0.3 is 15.0 Å². The number of fused-ring (bicyclic) bond motifs is 1. The van der Waals surface area contributed by atoms with E-state index in [1.165, 1.54) is 17.1 Å². The summed E-state index contributed by atoms with van der Waals surface area (Å²) in [6.07, 6.45) is 0. The molecule has 1 aromatic heterocycles. The number of carbonyl (C=O) groups is 1. The SMILES string of the molecule is Cc1ccccc1-n1c(SCC(=O)NC(C)c2cccc3ccccc23)nnc1N1CCOCC1. The Kier molecular flexibility index (Phi) is 7.01. The van der Waals surface area contributed by atoms with Gasteiger partial charge in [0.25, 0.3) is 0 Å². The Balaban J connectivity index is 1.34. The molecular formula is C27H29N5O2S. The number of ether oxygens (including phenoxy) is 1. The lowest BCUT2D eigenvalue weighted by Crippen LogP contribution is -2.38. The number of aromatic nitrogens is 3. The van der Waals surface area contributed by atoms with Gasteiger partial charge >= 0.3 is 0 Å². The monoisotopic (exact) mass is 487 g/mol. The number of morpholine rings is 1. The third-order valence-electron chi connectivity index (χ3n) is 6.27. The molecule has 3 aromatic carbocycles. The molecule has 0 spiro atoms. The zero-order chi connectivity index (χ0) is 24.2. The molecule has 0 aliphatic carbocycles. The second-order valence-corrected chi connectivity index (χ2v) is 9.59. The Morgan fingerprint density at radius 2 is 1.77 bits per heavy atom. The molecule has 1 amide bonds. The zero-order valence-corrected chi connectivity index (χ0v) is 20.8. The van der Waals surface area contributed by atoms with Crippen molar-refractivity contribution in [3.63, 3.8) is 0 Å². The second kappa shape index (κ2) is 10.5. The van der Waals surface area contributed by atoms with Gasteiger partial charge in [-0.25, -0.2) is 0 Å². The quantitative estimate of drug-likeness (QED) is 0.386. The highest BCUT2D eigenvalue weighted by atomic mass is 32.2. The van der Waals surface area contributed by atoms with Crippen molar-refractivity contribution < 1.29 is 9.53 Å². The Morgan fingerprint density at radius 1 is 1.03 bits per heavy atom. The summed E-state index contributed by atoms with van der Waals surface area (Å²) in [4.78, 5) is 15.1. The van der Waals surface area contributed by atoms with Gasteiger partial charge in [0.2, 0.25) is 11.9 Å². The van der Waals surface area contributed by atoms with E-state index in [0.29, 0.717) is 18.4 Å². The fourth-order valence-corrected chi connectivity index (χ4v) is 5.22. The van der Waals surface area contributed by atoms with Crippen LogP contribution in [0.15, 0.2) is 71.9 Å². The van der Waals surface area contributed by atoms with Gasteiger partial charge in [-0.2, -0.15) is 0 Å². The number of nitrogens with one attached hydrogen (secondary N) is 1. The van der Waals surface area contributed by atoms with E-state index in [0.717, 1.165) is 41.2 Å². The lowest BCUT2D eigenvalue weighted by molar-refractivity contribution is -0.119. The third-order valence-corrected chi connectivity index (χ3v) is 7.20. The van der Waals surface area contributed by atoms with E-state index < -0.39 is 0 Å². The van der Waals surface area contributed by atoms with Gasteiger partial charge in [-0.05, 0) is 41.8 Å². The molecule has 1 atom stereocenters. The van der Waals surface area contributed by atoms with E-state index in [1.807, 2.05) is 37.3 Å². The van der Waals surface area contributed by atoms with Crippen LogP contribution in [0.5, 0.6) is 0 Å². The van der Waals surface area contributed by atoms with Gasteiger partial charge in [0.15, 0.2) is 5.16 Å². The minimum atomic E-state index is -0.104. The summed E-state index contributed by atoms with van der Waals surface area (Å²) in [5.41, 5.74) is 3.25. The van der Waals surface area contributed by atoms with Gasteiger partial charge in [0.1, 0.15) is 0 Å². The Hall–Kier alpha value is -3.36. The maximum absolute atomic E-state index is 12.9. The lowest BCUT2D eigenvalue weighted by Gasteiger charge is -2.28. The first-order valence-electron chi connectivity index (χ1n) is 11.9. The van der Waals surface area contributed by atoms with Gasteiger partial charge in [-0.15, -0.1) is 10.2 Å². The lowest BCUT2D eigenvalue weighted by atomic mass is 10.00. The van der Waals surface area contributed by atoms with Gasteiger partial charge in [0, 0.05) is 13.1 Å². The summed E-state index contributed by atoms with van der Waals surface area (Å²) in [5.74, 6) is 1.000. The fourth-order valence-electron chi connectivity index (χ4n) is 4.47. The van der Waals surface area contributed by atoms with E-state index in [9.17, 15) is 4.79 Å². The first-order valence-corrected chi connectivity index (χ1v) is 12.8. The minimum absolute atomic E-state index is 0.0392. The van der Waals surface area contributed by atoms with Crippen LogP contribution < -0.4 is 10.2 Å². The van der Waals surface area contributed by atoms with Crippen molar-refractivity contribution in [1.29, 1.82) is 0 Å². The number of benzene rings is 3. The summed E-state index contributed by atoms with van der Waals surface area (Å²) in [7, 11) is 0. The van der Waals surface area contributed by atoms with Crippen LogP contribution in [0.4, 0.5) is 5.95 Å². The summed E-state index contributed by atoms with van der Waals surface area (Å²) in [6.45, 7) is 6.95. The molecule has 180 valence electrons. The number of thioether (sulfide) groups is 1. The molecule has 5 rings (SSSR count). The van der Waals surface area contributed by atoms with E-state index in [2.05, 4.69) is 68.3 Å². The normalized spacial score (nSPS) is 14.7. The minimum Gasteiger partial charge on any atom is -0.378 e. The molecule has 1 aliphatic heterocycles. The highest BCUT2D eigenvalue weighted by Gasteiger charge is 2.23. The molecule has 7 nitrogen and oxygen atoms in total. The molecule has 1 fully saturated rings. The van der Waals surface area contributed by atoms with Crippen LogP contribution in [0.3, 0.4) is 0 Å². The van der Waals surface area contributed by atoms with Crippen molar-refractivity contribution in [2.45, 2.75) is 25.0 Å². The number of anilines is 1. The molecule has 1 unspecified atom stereocenters. The van der Waals surface area contributed by atoms with E-state index in [1.54, 1.807) is 0 Å². The molecule has 8 heteroatoms. The molecular weight excluding hydrogens is 458 g/mol. The van der Waals surface area contributed by atoms with E-state index >= 15 is 0 Å². The molecule has 0 radical (unpaired) electrons. The Morgan fingerprint density at radius 3 is 2.60 bits per heavy atom. The summed E-state index contributed by atoms with van der Waals surface area (Å²) < 4.78 is 7.58. The van der Waals surface area contributed by atoms with Crippen LogP contribution in [0, 0.1) is 6.92 Å². The number of carbonyl (C=O) groups excluding carboxylic acids is 1. The highest BCUT2D eigenvalue weighted by molar-refractivity contribution is 7.99. The number of rotatable bonds is 7. The fraction of sp³-hybridized carbons (Fsp3) is 0.296. The molecule has 0 bridgehead atoms. The van der Waals surface area contributed by atoms with Crippen LogP contribution in [0.2, 0.25) is 0 Å². The largest absolute Gasteiger partial charge is 0.378 e. The van der Waals surface area contributed by atoms with Gasteiger partial charge in [-0.3, -0.25) is 9.36 Å². The average molecular weight is 488 g/mol. The number of amides is 1. The van der Waals surface area contributed by atoms with Crippen molar-refractivity contribution in [3.8, 4) is 5.69 Å². The van der Waals surface area contributed by atoms with Crippen molar-refractivity contribution >= 4 is 34.4 Å². The third kappa shape index (κ3) is 5.04. The van der Waals surface area contributed by atoms with Gasteiger partial charge in [-0.1, -0.05) is 72.4 Å². The van der Waals surface area contributed by atoms with Crippen molar-refractivity contribution in [2.24, 2.45) is 0 Å². The molecule has 1 saturated heterocycles. The first kappa shape index (κ1) is 23.4. The molecule has 4 aromatic rings.